The fourth-order valence-electron chi connectivity index (χ4n) is 2.03. The van der Waals surface area contributed by atoms with Gasteiger partial charge in [-0.2, -0.15) is 0 Å². The van der Waals surface area contributed by atoms with Gasteiger partial charge in [0.05, 0.1) is 11.1 Å². The highest BCUT2D eigenvalue weighted by atomic mass is 79.9. The van der Waals surface area contributed by atoms with E-state index in [9.17, 15) is 9.90 Å². The minimum Gasteiger partial charge on any atom is -0.392 e. The molecule has 0 saturated heterocycles. The molecule has 2 atom stereocenters. The van der Waals surface area contributed by atoms with Crippen LogP contribution in [0.2, 0.25) is 5.02 Å². The lowest BCUT2D eigenvalue weighted by Gasteiger charge is -2.49. The van der Waals surface area contributed by atoms with Crippen molar-refractivity contribution in [3.8, 4) is 0 Å². The summed E-state index contributed by atoms with van der Waals surface area (Å²) in [6.07, 6.45) is 0.250. The largest absolute Gasteiger partial charge is 0.392 e. The van der Waals surface area contributed by atoms with Crippen LogP contribution in [0.25, 0.3) is 0 Å². The van der Waals surface area contributed by atoms with Gasteiger partial charge in [-0.3, -0.25) is 4.79 Å². The maximum absolute atomic E-state index is 12.0. The average molecular weight is 333 g/mol. The molecule has 0 heterocycles. The van der Waals surface area contributed by atoms with Gasteiger partial charge in [0.1, 0.15) is 0 Å². The van der Waals surface area contributed by atoms with Crippen molar-refractivity contribution in [1.29, 1.82) is 0 Å². The number of benzene rings is 1. The second-order valence-electron chi connectivity index (χ2n) is 5.23. The van der Waals surface area contributed by atoms with Gasteiger partial charge in [-0.15, -0.1) is 0 Å². The molecule has 1 saturated carbocycles. The SMILES string of the molecule is CC1(C)C(O)CC1NC(=O)c1ccc(Br)c(Cl)c1. The summed E-state index contributed by atoms with van der Waals surface area (Å²) in [5.74, 6) is -0.158. The highest BCUT2D eigenvalue weighted by molar-refractivity contribution is 9.10. The van der Waals surface area contributed by atoms with Crippen LogP contribution in [0.1, 0.15) is 30.6 Å². The zero-order valence-electron chi connectivity index (χ0n) is 10.2. The number of aliphatic hydroxyl groups excluding tert-OH is 1. The van der Waals surface area contributed by atoms with E-state index >= 15 is 0 Å². The van der Waals surface area contributed by atoms with Crippen molar-refractivity contribution >= 4 is 33.4 Å². The Morgan fingerprint density at radius 3 is 2.72 bits per heavy atom. The Labute approximate surface area is 120 Å². The third kappa shape index (κ3) is 2.42. The second-order valence-corrected chi connectivity index (χ2v) is 6.49. The van der Waals surface area contributed by atoms with E-state index in [2.05, 4.69) is 21.2 Å². The van der Waals surface area contributed by atoms with Crippen molar-refractivity contribution < 1.29 is 9.90 Å². The number of amides is 1. The molecule has 3 nitrogen and oxygen atoms in total. The zero-order chi connectivity index (χ0) is 13.5. The summed E-state index contributed by atoms with van der Waals surface area (Å²) in [6.45, 7) is 3.89. The van der Waals surface area contributed by atoms with Crippen molar-refractivity contribution in [2.75, 3.05) is 0 Å². The van der Waals surface area contributed by atoms with Crippen LogP contribution in [0.15, 0.2) is 22.7 Å². The van der Waals surface area contributed by atoms with E-state index in [1.165, 1.54) is 0 Å². The lowest BCUT2D eigenvalue weighted by atomic mass is 9.64. The molecular weight excluding hydrogens is 318 g/mol. The molecule has 18 heavy (non-hydrogen) atoms. The number of rotatable bonds is 2. The van der Waals surface area contributed by atoms with E-state index in [-0.39, 0.29) is 23.5 Å². The number of hydrogen-bond donors (Lipinski definition) is 2. The number of halogens is 2. The van der Waals surface area contributed by atoms with Gasteiger partial charge in [-0.1, -0.05) is 25.4 Å². The molecule has 2 unspecified atom stereocenters. The Morgan fingerprint density at radius 2 is 2.22 bits per heavy atom. The summed E-state index contributed by atoms with van der Waals surface area (Å²) in [6, 6.07) is 5.09. The van der Waals surface area contributed by atoms with E-state index in [1.54, 1.807) is 18.2 Å². The molecular formula is C13H15BrClNO2. The van der Waals surface area contributed by atoms with E-state index in [4.69, 9.17) is 11.6 Å². The fraction of sp³-hybridized carbons (Fsp3) is 0.462. The van der Waals surface area contributed by atoms with Gasteiger partial charge in [0, 0.05) is 21.5 Å². The second kappa shape index (κ2) is 4.83. The molecule has 0 radical (unpaired) electrons. The van der Waals surface area contributed by atoms with Gasteiger partial charge in [-0.25, -0.2) is 0 Å². The Balaban J connectivity index is 2.07. The van der Waals surface area contributed by atoms with E-state index < -0.39 is 0 Å². The highest BCUT2D eigenvalue weighted by Crippen LogP contribution is 2.40. The molecule has 0 spiro atoms. The molecule has 0 bridgehead atoms. The minimum atomic E-state index is -0.351. The summed E-state index contributed by atoms with van der Waals surface area (Å²) in [4.78, 5) is 12.0. The number of nitrogens with one attached hydrogen (secondary N) is 1. The molecule has 1 amide bonds. The molecule has 5 heteroatoms. The van der Waals surface area contributed by atoms with Crippen molar-refractivity contribution in [2.24, 2.45) is 5.41 Å². The Hall–Kier alpha value is -0.580. The van der Waals surface area contributed by atoms with Crippen molar-refractivity contribution in [3.63, 3.8) is 0 Å². The maximum Gasteiger partial charge on any atom is 0.251 e. The molecule has 0 aromatic heterocycles. The van der Waals surface area contributed by atoms with E-state index in [0.29, 0.717) is 17.0 Å². The van der Waals surface area contributed by atoms with Crippen LogP contribution < -0.4 is 5.32 Å². The Kier molecular flexibility index (Phi) is 3.72. The summed E-state index contributed by atoms with van der Waals surface area (Å²) >= 11 is 9.24. The first-order chi connectivity index (χ1) is 8.32. The molecule has 1 aliphatic carbocycles. The Morgan fingerprint density at radius 1 is 1.56 bits per heavy atom. The number of hydrogen-bond acceptors (Lipinski definition) is 2. The first-order valence-electron chi connectivity index (χ1n) is 5.76. The van der Waals surface area contributed by atoms with Gasteiger partial charge < -0.3 is 10.4 Å². The van der Waals surface area contributed by atoms with Gasteiger partial charge in [0.2, 0.25) is 0 Å². The van der Waals surface area contributed by atoms with Crippen molar-refractivity contribution in [2.45, 2.75) is 32.4 Å². The van der Waals surface area contributed by atoms with Crippen molar-refractivity contribution in [3.05, 3.63) is 33.3 Å². The fourth-order valence-corrected chi connectivity index (χ4v) is 2.45. The molecule has 2 rings (SSSR count). The molecule has 1 aromatic rings. The average Bonchev–Trinajstić information content (AvgIpc) is 2.32. The smallest absolute Gasteiger partial charge is 0.251 e. The standard InChI is InChI=1S/C13H15BrClNO2/c1-13(2)10(6-11(13)17)16-12(18)7-3-4-8(14)9(15)5-7/h3-5,10-11,17H,6H2,1-2H3,(H,16,18). The first kappa shape index (κ1) is 13.8. The lowest BCUT2D eigenvalue weighted by molar-refractivity contribution is -0.0689. The van der Waals surface area contributed by atoms with Crippen molar-refractivity contribution in [1.82, 2.24) is 5.32 Å². The van der Waals surface area contributed by atoms with Crippen LogP contribution in [-0.4, -0.2) is 23.2 Å². The van der Waals surface area contributed by atoms with E-state index in [1.807, 2.05) is 13.8 Å². The predicted molar refractivity (Wildman–Crippen MR) is 74.8 cm³/mol. The Bertz CT molecular complexity index is 490. The lowest BCUT2D eigenvalue weighted by Crippen LogP contribution is -2.61. The highest BCUT2D eigenvalue weighted by Gasteiger charge is 2.47. The van der Waals surface area contributed by atoms with E-state index in [0.717, 1.165) is 4.47 Å². The summed E-state index contributed by atoms with van der Waals surface area (Å²) < 4.78 is 0.764. The molecule has 0 aliphatic heterocycles. The normalized spacial score (nSPS) is 25.4. The van der Waals surface area contributed by atoms with Gasteiger partial charge >= 0.3 is 0 Å². The molecule has 1 aromatic carbocycles. The molecule has 98 valence electrons. The van der Waals surface area contributed by atoms with Crippen LogP contribution in [0.4, 0.5) is 0 Å². The first-order valence-corrected chi connectivity index (χ1v) is 6.93. The summed E-state index contributed by atoms with van der Waals surface area (Å²) in [5.41, 5.74) is 0.259. The maximum atomic E-state index is 12.0. The van der Waals surface area contributed by atoms with Crippen LogP contribution in [0.3, 0.4) is 0 Å². The summed E-state index contributed by atoms with van der Waals surface area (Å²) in [7, 11) is 0. The van der Waals surface area contributed by atoms with Crippen LogP contribution in [0, 0.1) is 5.41 Å². The third-order valence-corrected chi connectivity index (χ3v) is 4.94. The summed E-state index contributed by atoms with van der Waals surface area (Å²) in [5, 5.41) is 13.1. The molecule has 1 aliphatic rings. The third-order valence-electron chi connectivity index (χ3n) is 3.70. The van der Waals surface area contributed by atoms with Crippen LogP contribution >= 0.6 is 27.5 Å². The molecule has 1 fully saturated rings. The zero-order valence-corrected chi connectivity index (χ0v) is 12.5. The van der Waals surface area contributed by atoms with Gasteiger partial charge in [-0.05, 0) is 40.5 Å². The quantitative estimate of drug-likeness (QED) is 0.874. The molecule has 2 N–H and O–H groups in total. The topological polar surface area (TPSA) is 49.3 Å². The van der Waals surface area contributed by atoms with Crippen LogP contribution in [0.5, 0.6) is 0 Å². The predicted octanol–water partition coefficient (Wildman–Crippen LogP) is 2.99. The van der Waals surface area contributed by atoms with Gasteiger partial charge in [0.25, 0.3) is 5.91 Å². The number of aliphatic hydroxyl groups is 1. The number of carbonyl (C=O) groups excluding carboxylic acids is 1. The monoisotopic (exact) mass is 331 g/mol. The van der Waals surface area contributed by atoms with Gasteiger partial charge in [0.15, 0.2) is 0 Å². The minimum absolute atomic E-state index is 0.00224. The number of carbonyl (C=O) groups is 1. The van der Waals surface area contributed by atoms with Crippen LogP contribution in [-0.2, 0) is 0 Å².